The van der Waals surface area contributed by atoms with Gasteiger partial charge in [-0.15, -0.1) is 0 Å². The third-order valence-electron chi connectivity index (χ3n) is 4.65. The zero-order valence-corrected chi connectivity index (χ0v) is 17.6. The number of aryl methyl sites for hydroxylation is 1. The maximum Gasteiger partial charge on any atom is 0.274 e. The van der Waals surface area contributed by atoms with Crippen molar-refractivity contribution in [3.8, 4) is 0 Å². The molecule has 3 aromatic carbocycles. The summed E-state index contributed by atoms with van der Waals surface area (Å²) in [7, 11) is -4.34. The molecule has 0 saturated heterocycles. The number of anilines is 1. The third-order valence-corrected chi connectivity index (χ3v) is 6.69. The number of nitrogens with zero attached hydrogens (tertiary/aromatic N) is 2. The summed E-state index contributed by atoms with van der Waals surface area (Å²) in [5.41, 5.74) is 0.837. The Kier molecular flexibility index (Phi) is 5.91. The molecule has 0 bridgehead atoms. The van der Waals surface area contributed by atoms with E-state index in [1.165, 1.54) is 24.3 Å². The van der Waals surface area contributed by atoms with Gasteiger partial charge in [0.2, 0.25) is 0 Å². The molecule has 0 saturated carbocycles. The molecule has 9 heteroatoms. The Morgan fingerprint density at radius 1 is 1.00 bits per heavy atom. The molecule has 3 aromatic rings. The lowest BCUT2D eigenvalue weighted by Gasteiger charge is -2.25. The molecule has 0 aliphatic carbocycles. The molecule has 0 heterocycles. The summed E-state index contributed by atoms with van der Waals surface area (Å²) in [5.74, 6) is -0.985. The van der Waals surface area contributed by atoms with Gasteiger partial charge >= 0.3 is 0 Å². The number of nitro groups is 1. The average molecular weight is 445 g/mol. The second-order valence-corrected chi connectivity index (χ2v) is 8.72. The molecule has 7 nitrogen and oxygen atoms in total. The fraction of sp³-hybridized carbons (Fsp3) is 0.0952. The number of hydrogen-bond donors (Lipinski definition) is 0. The molecule has 0 aromatic heterocycles. The van der Waals surface area contributed by atoms with Gasteiger partial charge in [-0.3, -0.25) is 14.9 Å². The first kappa shape index (κ1) is 21.5. The van der Waals surface area contributed by atoms with Crippen LogP contribution in [0.1, 0.15) is 21.5 Å². The minimum Gasteiger partial charge on any atom is -0.268 e. The van der Waals surface area contributed by atoms with E-state index in [2.05, 4.69) is 0 Å². The van der Waals surface area contributed by atoms with Gasteiger partial charge in [-0.1, -0.05) is 41.9 Å². The molecule has 0 N–H and O–H groups in total. The number of halogens is 1. The summed E-state index contributed by atoms with van der Waals surface area (Å²) in [6.45, 7) is 3.48. The van der Waals surface area contributed by atoms with Crippen LogP contribution in [-0.4, -0.2) is 19.2 Å². The zero-order chi connectivity index (χ0) is 22.1. The summed E-state index contributed by atoms with van der Waals surface area (Å²) in [6, 6.07) is 15.7. The first-order valence-electron chi connectivity index (χ1n) is 8.79. The second kappa shape index (κ2) is 8.25. The van der Waals surface area contributed by atoms with Crippen LogP contribution in [0, 0.1) is 24.0 Å². The lowest BCUT2D eigenvalue weighted by Crippen LogP contribution is -2.37. The quantitative estimate of drug-likeness (QED) is 0.411. The van der Waals surface area contributed by atoms with Crippen molar-refractivity contribution < 1.29 is 18.1 Å². The van der Waals surface area contributed by atoms with Crippen molar-refractivity contribution in [3.05, 3.63) is 98.6 Å². The van der Waals surface area contributed by atoms with Crippen LogP contribution in [0.15, 0.2) is 71.6 Å². The van der Waals surface area contributed by atoms with E-state index in [0.29, 0.717) is 9.87 Å². The lowest BCUT2D eigenvalue weighted by molar-refractivity contribution is -0.384. The van der Waals surface area contributed by atoms with E-state index in [0.717, 1.165) is 17.7 Å². The molecule has 0 aliphatic rings. The predicted molar refractivity (Wildman–Crippen MR) is 114 cm³/mol. The minimum absolute atomic E-state index is 0.0934. The Hall–Kier alpha value is -3.23. The van der Waals surface area contributed by atoms with Crippen molar-refractivity contribution in [3.63, 3.8) is 0 Å². The van der Waals surface area contributed by atoms with Crippen LogP contribution < -0.4 is 4.31 Å². The number of carbonyl (C=O) groups is 1. The fourth-order valence-corrected chi connectivity index (χ4v) is 4.59. The number of hydrogen-bond acceptors (Lipinski definition) is 5. The molecule has 30 heavy (non-hydrogen) atoms. The number of amides is 1. The molecular weight excluding hydrogens is 428 g/mol. The van der Waals surface area contributed by atoms with E-state index >= 15 is 0 Å². The maximum absolute atomic E-state index is 13.5. The highest BCUT2D eigenvalue weighted by Crippen LogP contribution is 2.32. The Morgan fingerprint density at radius 2 is 1.67 bits per heavy atom. The Morgan fingerprint density at radius 3 is 2.30 bits per heavy atom. The normalized spacial score (nSPS) is 11.2. The molecule has 0 unspecified atom stereocenters. The monoisotopic (exact) mass is 444 g/mol. The fourth-order valence-electron chi connectivity index (χ4n) is 2.90. The first-order chi connectivity index (χ1) is 14.1. The van der Waals surface area contributed by atoms with Crippen LogP contribution >= 0.6 is 11.6 Å². The van der Waals surface area contributed by atoms with E-state index in [-0.39, 0.29) is 26.9 Å². The number of rotatable bonds is 5. The lowest BCUT2D eigenvalue weighted by atomic mass is 10.1. The largest absolute Gasteiger partial charge is 0.274 e. The van der Waals surface area contributed by atoms with Crippen molar-refractivity contribution in [1.29, 1.82) is 0 Å². The Bertz CT molecular complexity index is 1240. The molecule has 1 amide bonds. The number of sulfonamides is 1. The molecule has 3 rings (SSSR count). The van der Waals surface area contributed by atoms with Gasteiger partial charge in [0.05, 0.1) is 26.1 Å². The maximum atomic E-state index is 13.5. The van der Waals surface area contributed by atoms with Crippen LogP contribution in [0.3, 0.4) is 0 Å². The smallest absolute Gasteiger partial charge is 0.268 e. The van der Waals surface area contributed by atoms with Crippen LogP contribution in [0.4, 0.5) is 11.4 Å². The highest BCUT2D eigenvalue weighted by molar-refractivity contribution is 7.93. The molecule has 154 valence electrons. The van der Waals surface area contributed by atoms with Crippen molar-refractivity contribution >= 4 is 38.9 Å². The van der Waals surface area contributed by atoms with E-state index in [1.54, 1.807) is 44.2 Å². The van der Waals surface area contributed by atoms with E-state index < -0.39 is 20.9 Å². The van der Waals surface area contributed by atoms with Crippen LogP contribution in [-0.2, 0) is 10.0 Å². The SMILES string of the molecule is Cc1cccc(N(C(=O)c2cc([N+](=O)[O-])ccc2Cl)S(=O)(=O)c2ccccc2)c1C. The topological polar surface area (TPSA) is 97.6 Å². The van der Waals surface area contributed by atoms with E-state index in [4.69, 9.17) is 11.6 Å². The summed E-state index contributed by atoms with van der Waals surface area (Å²) >= 11 is 6.13. The van der Waals surface area contributed by atoms with Gasteiger partial charge in [-0.25, -0.2) is 8.42 Å². The molecule has 0 spiro atoms. The van der Waals surface area contributed by atoms with Gasteiger partial charge in [0, 0.05) is 12.1 Å². The van der Waals surface area contributed by atoms with Crippen LogP contribution in [0.2, 0.25) is 5.02 Å². The minimum atomic E-state index is -4.34. The Labute approximate surface area is 178 Å². The van der Waals surface area contributed by atoms with Gasteiger partial charge in [-0.2, -0.15) is 4.31 Å². The van der Waals surface area contributed by atoms with Crippen molar-refractivity contribution in [2.75, 3.05) is 4.31 Å². The number of carbonyl (C=O) groups excluding carboxylic acids is 1. The molecular formula is C21H17ClN2O5S. The summed E-state index contributed by atoms with van der Waals surface area (Å²) in [5, 5.41) is 11.1. The molecule has 0 radical (unpaired) electrons. The number of nitro benzene ring substituents is 1. The number of non-ortho nitro benzene ring substituents is 1. The van der Waals surface area contributed by atoms with Gasteiger partial charge in [0.1, 0.15) is 0 Å². The number of benzene rings is 3. The van der Waals surface area contributed by atoms with E-state index in [1.807, 2.05) is 0 Å². The Balaban J connectivity index is 2.28. The van der Waals surface area contributed by atoms with Gasteiger partial charge < -0.3 is 0 Å². The summed E-state index contributed by atoms with van der Waals surface area (Å²) in [4.78, 5) is 23.9. The predicted octanol–water partition coefficient (Wildman–Crippen LogP) is 4.90. The van der Waals surface area contributed by atoms with Gasteiger partial charge in [0.25, 0.3) is 21.6 Å². The highest BCUT2D eigenvalue weighted by atomic mass is 35.5. The van der Waals surface area contributed by atoms with Gasteiger partial charge in [0.15, 0.2) is 0 Å². The zero-order valence-electron chi connectivity index (χ0n) is 16.1. The van der Waals surface area contributed by atoms with Crippen LogP contribution in [0.25, 0.3) is 0 Å². The standard InChI is InChI=1S/C21H17ClN2O5S/c1-14-7-6-10-20(15(14)2)23(30(28,29)17-8-4-3-5-9-17)21(25)18-13-16(24(26)27)11-12-19(18)22/h3-13H,1-2H3. The highest BCUT2D eigenvalue weighted by Gasteiger charge is 2.34. The average Bonchev–Trinajstić information content (AvgIpc) is 2.72. The van der Waals surface area contributed by atoms with Crippen molar-refractivity contribution in [2.45, 2.75) is 18.7 Å². The van der Waals surface area contributed by atoms with E-state index in [9.17, 15) is 23.3 Å². The third kappa shape index (κ3) is 3.92. The molecule has 0 atom stereocenters. The van der Waals surface area contributed by atoms with Crippen molar-refractivity contribution in [2.24, 2.45) is 0 Å². The van der Waals surface area contributed by atoms with Gasteiger partial charge in [-0.05, 0) is 49.2 Å². The first-order valence-corrected chi connectivity index (χ1v) is 10.6. The second-order valence-electron chi connectivity index (χ2n) is 6.53. The van der Waals surface area contributed by atoms with Crippen LogP contribution in [0.5, 0.6) is 0 Å². The van der Waals surface area contributed by atoms with Crippen molar-refractivity contribution in [1.82, 2.24) is 0 Å². The molecule has 0 aliphatic heterocycles. The molecule has 0 fully saturated rings. The summed E-state index contributed by atoms with van der Waals surface area (Å²) < 4.78 is 27.6. The summed E-state index contributed by atoms with van der Waals surface area (Å²) in [6.07, 6.45) is 0.